The highest BCUT2D eigenvalue weighted by atomic mass is 19.3. The van der Waals surface area contributed by atoms with Gasteiger partial charge >= 0.3 is 11.8 Å². The number of rotatable bonds is 4. The van der Waals surface area contributed by atoms with Crippen molar-refractivity contribution in [2.45, 2.75) is 56.8 Å². The molecule has 6 heteroatoms. The number of allylic oxidation sites excluding steroid dienone is 4. The molecule has 0 nitrogen and oxygen atoms in total. The van der Waals surface area contributed by atoms with E-state index in [1.807, 2.05) is 19.1 Å². The maximum Gasteiger partial charge on any atom is 0.310 e. The normalized spacial score (nSPS) is 25.5. The maximum absolute atomic E-state index is 14.5. The smallest absolute Gasteiger partial charge is 0.211 e. The second kappa shape index (κ2) is 6.78. The number of benzene rings is 1. The van der Waals surface area contributed by atoms with Gasteiger partial charge in [-0.25, -0.2) is 8.78 Å². The fourth-order valence-corrected chi connectivity index (χ4v) is 3.80. The van der Waals surface area contributed by atoms with Gasteiger partial charge in [0.2, 0.25) is 0 Å². The van der Waals surface area contributed by atoms with Crippen molar-refractivity contribution in [2.24, 2.45) is 5.92 Å². The molecule has 0 aromatic heterocycles. The molecule has 1 aromatic rings. The molecule has 1 saturated carbocycles. The van der Waals surface area contributed by atoms with Crippen LogP contribution in [0.3, 0.4) is 0 Å². The Kier molecular flexibility index (Phi) is 4.97. The van der Waals surface area contributed by atoms with Crippen molar-refractivity contribution in [3.8, 4) is 0 Å². The molecule has 0 aliphatic heterocycles. The second-order valence-corrected chi connectivity index (χ2v) is 7.15. The standard InChI is InChI=1S/C20H20F6/c1-2-3-12-4-6-13(7-5-12)14-8-16(21)18(17(22)9-14)15-10-19(23,24)20(25,26)11-15/h4-8,14-15H,2-3,9-11H2,1H3. The summed E-state index contributed by atoms with van der Waals surface area (Å²) in [6, 6.07) is 7.35. The molecule has 26 heavy (non-hydrogen) atoms. The van der Waals surface area contributed by atoms with E-state index in [-0.39, 0.29) is 6.42 Å². The van der Waals surface area contributed by atoms with Crippen LogP contribution in [0.1, 0.15) is 49.7 Å². The summed E-state index contributed by atoms with van der Waals surface area (Å²) in [7, 11) is 0. The highest BCUT2D eigenvalue weighted by Gasteiger charge is 2.64. The Labute approximate surface area is 148 Å². The highest BCUT2D eigenvalue weighted by molar-refractivity contribution is 5.41. The summed E-state index contributed by atoms with van der Waals surface area (Å²) in [5.41, 5.74) is 1.21. The van der Waals surface area contributed by atoms with Crippen molar-refractivity contribution in [1.82, 2.24) is 0 Å². The molecular weight excluding hydrogens is 354 g/mol. The lowest BCUT2D eigenvalue weighted by molar-refractivity contribution is -0.185. The van der Waals surface area contributed by atoms with Crippen molar-refractivity contribution < 1.29 is 26.3 Å². The van der Waals surface area contributed by atoms with E-state index >= 15 is 0 Å². The van der Waals surface area contributed by atoms with E-state index in [1.54, 1.807) is 12.1 Å². The Morgan fingerprint density at radius 3 is 2.04 bits per heavy atom. The molecular formula is C20H20F6. The van der Waals surface area contributed by atoms with Gasteiger partial charge in [0.15, 0.2) is 0 Å². The molecule has 0 radical (unpaired) electrons. The molecule has 0 bridgehead atoms. The largest absolute Gasteiger partial charge is 0.310 e. The van der Waals surface area contributed by atoms with Crippen molar-refractivity contribution in [2.75, 3.05) is 0 Å². The summed E-state index contributed by atoms with van der Waals surface area (Å²) in [5.74, 6) is -12.5. The van der Waals surface area contributed by atoms with Gasteiger partial charge in [0.05, 0.1) is 0 Å². The van der Waals surface area contributed by atoms with Crippen molar-refractivity contribution in [3.63, 3.8) is 0 Å². The van der Waals surface area contributed by atoms with Gasteiger partial charge in [-0.3, -0.25) is 0 Å². The van der Waals surface area contributed by atoms with E-state index in [9.17, 15) is 26.3 Å². The van der Waals surface area contributed by atoms with E-state index in [2.05, 4.69) is 0 Å². The second-order valence-electron chi connectivity index (χ2n) is 7.15. The van der Waals surface area contributed by atoms with Crippen LogP contribution in [-0.4, -0.2) is 11.8 Å². The summed E-state index contributed by atoms with van der Waals surface area (Å²) in [6.07, 6.45) is 0.360. The molecule has 1 unspecified atom stereocenters. The topological polar surface area (TPSA) is 0 Å². The maximum atomic E-state index is 14.5. The summed E-state index contributed by atoms with van der Waals surface area (Å²) < 4.78 is 82.5. The molecule has 1 fully saturated rings. The van der Waals surface area contributed by atoms with Crippen LogP contribution in [0.5, 0.6) is 0 Å². The van der Waals surface area contributed by atoms with Crippen LogP contribution in [0.25, 0.3) is 0 Å². The van der Waals surface area contributed by atoms with E-state index in [4.69, 9.17) is 0 Å². The molecule has 1 aromatic carbocycles. The zero-order valence-electron chi connectivity index (χ0n) is 14.3. The molecule has 142 valence electrons. The molecule has 2 aliphatic carbocycles. The van der Waals surface area contributed by atoms with Crippen LogP contribution in [0.4, 0.5) is 26.3 Å². The fraction of sp³-hybridized carbons (Fsp3) is 0.500. The first-order chi connectivity index (χ1) is 12.1. The monoisotopic (exact) mass is 374 g/mol. The van der Waals surface area contributed by atoms with Gasteiger partial charge in [0.25, 0.3) is 0 Å². The molecule has 0 heterocycles. The van der Waals surface area contributed by atoms with Crippen molar-refractivity contribution in [1.29, 1.82) is 0 Å². The first-order valence-corrected chi connectivity index (χ1v) is 8.75. The predicted molar refractivity (Wildman–Crippen MR) is 87.7 cm³/mol. The van der Waals surface area contributed by atoms with Crippen LogP contribution >= 0.6 is 0 Å². The third kappa shape index (κ3) is 3.42. The van der Waals surface area contributed by atoms with E-state index in [0.717, 1.165) is 24.5 Å². The Balaban J connectivity index is 1.81. The van der Waals surface area contributed by atoms with Crippen LogP contribution in [0, 0.1) is 5.92 Å². The fourth-order valence-electron chi connectivity index (χ4n) is 3.80. The van der Waals surface area contributed by atoms with E-state index in [0.29, 0.717) is 5.56 Å². The summed E-state index contributed by atoms with van der Waals surface area (Å²) in [6.45, 7) is 2.05. The van der Waals surface area contributed by atoms with E-state index < -0.39 is 53.7 Å². The highest BCUT2D eigenvalue weighted by Crippen LogP contribution is 2.55. The van der Waals surface area contributed by atoms with Gasteiger partial charge in [-0.15, -0.1) is 0 Å². The minimum absolute atomic E-state index is 0.205. The van der Waals surface area contributed by atoms with E-state index in [1.165, 1.54) is 0 Å². The lowest BCUT2D eigenvalue weighted by Gasteiger charge is -2.23. The quantitative estimate of drug-likeness (QED) is 0.504. The number of hydrogen-bond acceptors (Lipinski definition) is 0. The Morgan fingerprint density at radius 1 is 0.962 bits per heavy atom. The van der Waals surface area contributed by atoms with Crippen LogP contribution in [0.15, 0.2) is 47.6 Å². The van der Waals surface area contributed by atoms with Gasteiger partial charge in [-0.2, -0.15) is 17.6 Å². The summed E-state index contributed by atoms with van der Waals surface area (Å²) >= 11 is 0. The third-order valence-corrected chi connectivity index (χ3v) is 5.19. The van der Waals surface area contributed by atoms with Gasteiger partial charge < -0.3 is 0 Å². The number of halogens is 6. The first-order valence-electron chi connectivity index (χ1n) is 8.75. The molecule has 0 N–H and O–H groups in total. The molecule has 0 amide bonds. The van der Waals surface area contributed by atoms with Crippen molar-refractivity contribution in [3.05, 3.63) is 58.7 Å². The summed E-state index contributed by atoms with van der Waals surface area (Å²) in [4.78, 5) is 0. The predicted octanol–water partition coefficient (Wildman–Crippen LogP) is 6.88. The molecule has 1 atom stereocenters. The lowest BCUT2D eigenvalue weighted by Crippen LogP contribution is -2.33. The third-order valence-electron chi connectivity index (χ3n) is 5.19. The minimum Gasteiger partial charge on any atom is -0.211 e. The SMILES string of the molecule is CCCc1ccc(C2C=C(F)C(C3CC(F)(F)C(F)(F)C3)=C(F)C2)cc1. The minimum atomic E-state index is -4.24. The summed E-state index contributed by atoms with van der Waals surface area (Å²) in [5, 5.41) is 0. The number of alkyl halides is 4. The zero-order chi connectivity index (χ0) is 19.1. The Hall–Kier alpha value is -1.72. The Morgan fingerprint density at radius 2 is 1.54 bits per heavy atom. The molecule has 2 aliphatic rings. The molecule has 0 spiro atoms. The van der Waals surface area contributed by atoms with Gasteiger partial charge in [-0.05, 0) is 23.6 Å². The first kappa shape index (κ1) is 19.1. The van der Waals surface area contributed by atoms with Crippen molar-refractivity contribution >= 4 is 0 Å². The average Bonchev–Trinajstić information content (AvgIpc) is 2.75. The van der Waals surface area contributed by atoms with Crippen LogP contribution in [0.2, 0.25) is 0 Å². The van der Waals surface area contributed by atoms with Crippen LogP contribution in [-0.2, 0) is 6.42 Å². The zero-order valence-corrected chi connectivity index (χ0v) is 14.3. The molecule has 0 saturated heterocycles. The van der Waals surface area contributed by atoms with Gasteiger partial charge in [0, 0.05) is 36.7 Å². The number of aryl methyl sites for hydroxylation is 1. The van der Waals surface area contributed by atoms with Gasteiger partial charge in [-0.1, -0.05) is 37.6 Å². The molecule has 3 rings (SSSR count). The number of hydrogen-bond donors (Lipinski definition) is 0. The van der Waals surface area contributed by atoms with Crippen LogP contribution < -0.4 is 0 Å². The lowest BCUT2D eigenvalue weighted by atomic mass is 9.83. The average molecular weight is 374 g/mol. The Bertz CT molecular complexity index is 713. The van der Waals surface area contributed by atoms with Gasteiger partial charge in [0.1, 0.15) is 11.7 Å².